The molecule has 0 saturated heterocycles. The van der Waals surface area contributed by atoms with Gasteiger partial charge in [0.25, 0.3) is 5.91 Å². The molecule has 1 N–H and O–H groups in total. The summed E-state index contributed by atoms with van der Waals surface area (Å²) in [6, 6.07) is 23.0. The number of anilines is 1. The molecule has 0 spiro atoms. The lowest BCUT2D eigenvalue weighted by Gasteiger charge is -2.10. The second-order valence-electron chi connectivity index (χ2n) is 8.49. The fourth-order valence-electron chi connectivity index (χ4n) is 4.11. The molecule has 5 rings (SSSR count). The first kappa shape index (κ1) is 23.9. The van der Waals surface area contributed by atoms with Gasteiger partial charge in [-0.3, -0.25) is 4.79 Å². The molecular formula is C29H27N5O3. The van der Waals surface area contributed by atoms with Crippen LogP contribution in [0.5, 0.6) is 11.5 Å². The van der Waals surface area contributed by atoms with Gasteiger partial charge in [0.2, 0.25) is 0 Å². The molecule has 0 radical (unpaired) electrons. The Balaban J connectivity index is 1.45. The Morgan fingerprint density at radius 2 is 1.70 bits per heavy atom. The van der Waals surface area contributed by atoms with Crippen molar-refractivity contribution in [3.05, 3.63) is 108 Å². The van der Waals surface area contributed by atoms with Crippen LogP contribution >= 0.6 is 0 Å². The first-order chi connectivity index (χ1) is 18.1. The van der Waals surface area contributed by atoms with Crippen LogP contribution in [0.25, 0.3) is 16.9 Å². The molecule has 8 nitrogen and oxygen atoms in total. The average Bonchev–Trinajstić information content (AvgIpc) is 3.56. The number of para-hydroxylation sites is 1. The minimum absolute atomic E-state index is 0.259. The Morgan fingerprint density at radius 1 is 0.946 bits per heavy atom. The number of hydrogen-bond donors (Lipinski definition) is 1. The zero-order valence-corrected chi connectivity index (χ0v) is 20.9. The van der Waals surface area contributed by atoms with Gasteiger partial charge in [-0.25, -0.2) is 9.67 Å². The third kappa shape index (κ3) is 5.08. The topological polar surface area (TPSA) is 83.2 Å². The second kappa shape index (κ2) is 10.4. The number of imidazole rings is 1. The van der Waals surface area contributed by atoms with E-state index in [1.807, 2.05) is 79.9 Å². The highest BCUT2D eigenvalue weighted by Gasteiger charge is 2.20. The van der Waals surface area contributed by atoms with Crippen molar-refractivity contribution in [3.63, 3.8) is 0 Å². The first-order valence-corrected chi connectivity index (χ1v) is 11.8. The molecule has 0 aliphatic heterocycles. The first-order valence-electron chi connectivity index (χ1n) is 11.8. The molecule has 0 aliphatic carbocycles. The van der Waals surface area contributed by atoms with E-state index >= 15 is 0 Å². The number of ether oxygens (including phenoxy) is 2. The molecule has 0 unspecified atom stereocenters. The lowest BCUT2D eigenvalue weighted by atomic mass is 10.1. The van der Waals surface area contributed by atoms with E-state index in [0.29, 0.717) is 35.0 Å². The minimum Gasteiger partial charge on any atom is -0.493 e. The SMILES string of the molecule is COc1ccc(-c2nn(-c3ccccc3)cc2C(=O)Nc2ccc(Cn3ccnc3C)cc2)cc1OC. The molecule has 0 saturated carbocycles. The summed E-state index contributed by atoms with van der Waals surface area (Å²) in [4.78, 5) is 17.7. The molecule has 1 amide bonds. The summed E-state index contributed by atoms with van der Waals surface area (Å²) in [5.74, 6) is 1.86. The van der Waals surface area contributed by atoms with Crippen LogP contribution in [0.2, 0.25) is 0 Å². The normalized spacial score (nSPS) is 10.8. The summed E-state index contributed by atoms with van der Waals surface area (Å²) < 4.78 is 14.6. The maximum Gasteiger partial charge on any atom is 0.259 e. The Hall–Kier alpha value is -4.85. The molecule has 0 atom stereocenters. The maximum absolute atomic E-state index is 13.5. The minimum atomic E-state index is -0.259. The smallest absolute Gasteiger partial charge is 0.259 e. The van der Waals surface area contributed by atoms with E-state index in [2.05, 4.69) is 14.9 Å². The Kier molecular flexibility index (Phi) is 6.72. The highest BCUT2D eigenvalue weighted by atomic mass is 16.5. The standard InChI is InChI=1S/C29H27N5O3/c1-20-30-15-16-33(20)18-21-9-12-23(13-10-21)31-29(35)25-19-34(24-7-5-4-6-8-24)32-28(25)22-11-14-26(36-2)27(17-22)37-3/h4-17,19H,18H2,1-3H3,(H,31,35). The Morgan fingerprint density at radius 3 is 2.38 bits per heavy atom. The lowest BCUT2D eigenvalue weighted by molar-refractivity contribution is 0.102. The van der Waals surface area contributed by atoms with Crippen LogP contribution in [-0.4, -0.2) is 39.5 Å². The molecule has 5 aromatic rings. The van der Waals surface area contributed by atoms with E-state index in [4.69, 9.17) is 14.6 Å². The number of aromatic nitrogens is 4. The summed E-state index contributed by atoms with van der Waals surface area (Å²) in [5.41, 5.74) is 4.37. The number of carbonyl (C=O) groups is 1. The highest BCUT2D eigenvalue weighted by molar-refractivity contribution is 6.08. The Bertz CT molecular complexity index is 1520. The zero-order valence-electron chi connectivity index (χ0n) is 20.9. The Labute approximate surface area is 215 Å². The summed E-state index contributed by atoms with van der Waals surface area (Å²) in [7, 11) is 3.16. The van der Waals surface area contributed by atoms with Gasteiger partial charge in [0, 0.05) is 36.4 Å². The summed E-state index contributed by atoms with van der Waals surface area (Å²) in [6.07, 6.45) is 5.48. The van der Waals surface area contributed by atoms with E-state index in [1.165, 1.54) is 0 Å². The summed E-state index contributed by atoms with van der Waals surface area (Å²) in [6.45, 7) is 2.69. The van der Waals surface area contributed by atoms with Crippen molar-refractivity contribution in [3.8, 4) is 28.4 Å². The van der Waals surface area contributed by atoms with Crippen molar-refractivity contribution in [1.82, 2.24) is 19.3 Å². The molecule has 37 heavy (non-hydrogen) atoms. The van der Waals surface area contributed by atoms with E-state index in [1.54, 1.807) is 37.4 Å². The number of benzene rings is 3. The van der Waals surface area contributed by atoms with E-state index in [0.717, 1.165) is 22.6 Å². The van der Waals surface area contributed by atoms with Crippen LogP contribution in [0.1, 0.15) is 21.7 Å². The van der Waals surface area contributed by atoms with E-state index in [9.17, 15) is 4.79 Å². The van der Waals surface area contributed by atoms with Crippen LogP contribution < -0.4 is 14.8 Å². The molecule has 2 aromatic heterocycles. The van der Waals surface area contributed by atoms with Crippen molar-refractivity contribution in [2.24, 2.45) is 0 Å². The molecule has 186 valence electrons. The molecule has 3 aromatic carbocycles. The van der Waals surface area contributed by atoms with Gasteiger partial charge < -0.3 is 19.4 Å². The van der Waals surface area contributed by atoms with Gasteiger partial charge in [-0.1, -0.05) is 30.3 Å². The van der Waals surface area contributed by atoms with Gasteiger partial charge in [-0.15, -0.1) is 0 Å². The molecule has 0 aliphatic rings. The van der Waals surface area contributed by atoms with E-state index in [-0.39, 0.29) is 5.91 Å². The van der Waals surface area contributed by atoms with Gasteiger partial charge in [-0.05, 0) is 55.0 Å². The zero-order chi connectivity index (χ0) is 25.8. The fourth-order valence-corrected chi connectivity index (χ4v) is 4.11. The molecular weight excluding hydrogens is 466 g/mol. The summed E-state index contributed by atoms with van der Waals surface area (Å²) in [5, 5.41) is 7.77. The highest BCUT2D eigenvalue weighted by Crippen LogP contribution is 2.33. The number of nitrogens with one attached hydrogen (secondary N) is 1. The van der Waals surface area contributed by atoms with Crippen molar-refractivity contribution in [2.75, 3.05) is 19.5 Å². The predicted octanol–water partition coefficient (Wildman–Crippen LogP) is 5.36. The van der Waals surface area contributed by atoms with Gasteiger partial charge in [0.1, 0.15) is 11.5 Å². The van der Waals surface area contributed by atoms with Crippen LogP contribution in [-0.2, 0) is 6.54 Å². The second-order valence-corrected chi connectivity index (χ2v) is 8.49. The third-order valence-electron chi connectivity index (χ3n) is 6.12. The molecule has 0 fully saturated rings. The van der Waals surface area contributed by atoms with Crippen molar-refractivity contribution in [2.45, 2.75) is 13.5 Å². The quantitative estimate of drug-likeness (QED) is 0.315. The van der Waals surface area contributed by atoms with Crippen LogP contribution in [0, 0.1) is 6.92 Å². The number of aryl methyl sites for hydroxylation is 1. The van der Waals surface area contributed by atoms with Gasteiger partial charge in [0.15, 0.2) is 11.5 Å². The summed E-state index contributed by atoms with van der Waals surface area (Å²) >= 11 is 0. The lowest BCUT2D eigenvalue weighted by Crippen LogP contribution is -2.12. The van der Waals surface area contributed by atoms with Gasteiger partial charge in [-0.2, -0.15) is 5.10 Å². The largest absolute Gasteiger partial charge is 0.493 e. The predicted molar refractivity (Wildman–Crippen MR) is 143 cm³/mol. The van der Waals surface area contributed by atoms with Gasteiger partial charge in [0.05, 0.1) is 25.5 Å². The third-order valence-corrected chi connectivity index (χ3v) is 6.12. The van der Waals surface area contributed by atoms with Crippen LogP contribution in [0.4, 0.5) is 5.69 Å². The van der Waals surface area contributed by atoms with E-state index < -0.39 is 0 Å². The fraction of sp³-hybridized carbons (Fsp3) is 0.138. The van der Waals surface area contributed by atoms with Gasteiger partial charge >= 0.3 is 0 Å². The number of methoxy groups -OCH3 is 2. The number of carbonyl (C=O) groups excluding carboxylic acids is 1. The number of nitrogens with zero attached hydrogens (tertiary/aromatic N) is 4. The number of amides is 1. The maximum atomic E-state index is 13.5. The average molecular weight is 494 g/mol. The molecule has 2 heterocycles. The monoisotopic (exact) mass is 493 g/mol. The van der Waals surface area contributed by atoms with Crippen molar-refractivity contribution >= 4 is 11.6 Å². The van der Waals surface area contributed by atoms with Crippen molar-refractivity contribution in [1.29, 1.82) is 0 Å². The number of hydrogen-bond acceptors (Lipinski definition) is 5. The molecule has 8 heteroatoms. The number of rotatable bonds is 8. The van der Waals surface area contributed by atoms with Crippen LogP contribution in [0.3, 0.4) is 0 Å². The van der Waals surface area contributed by atoms with Crippen molar-refractivity contribution < 1.29 is 14.3 Å². The molecule has 0 bridgehead atoms. The van der Waals surface area contributed by atoms with Crippen LogP contribution in [0.15, 0.2) is 91.4 Å².